The summed E-state index contributed by atoms with van der Waals surface area (Å²) in [6.45, 7) is 6.66. The molecule has 0 bridgehead atoms. The molecular weight excluding hydrogens is 254 g/mol. The summed E-state index contributed by atoms with van der Waals surface area (Å²) < 4.78 is 4.83. The Labute approximate surface area is 121 Å². The van der Waals surface area contributed by atoms with E-state index in [0.29, 0.717) is 13.2 Å². The third-order valence-corrected chi connectivity index (χ3v) is 3.22. The van der Waals surface area contributed by atoms with E-state index in [1.807, 2.05) is 0 Å². The maximum atomic E-state index is 11.3. The van der Waals surface area contributed by atoms with E-state index < -0.39 is 6.10 Å². The van der Waals surface area contributed by atoms with Crippen LogP contribution in [0.25, 0.3) is 0 Å². The Morgan fingerprint density at radius 1 is 1.25 bits per heavy atom. The fourth-order valence-electron chi connectivity index (χ4n) is 2.17. The first kappa shape index (κ1) is 16.5. The molecule has 0 radical (unpaired) electrons. The van der Waals surface area contributed by atoms with E-state index in [2.05, 4.69) is 37.4 Å². The van der Waals surface area contributed by atoms with Gasteiger partial charge in [-0.15, -0.1) is 0 Å². The molecule has 20 heavy (non-hydrogen) atoms. The Morgan fingerprint density at radius 3 is 2.35 bits per heavy atom. The molecule has 112 valence electrons. The van der Waals surface area contributed by atoms with Crippen LogP contribution in [0.1, 0.15) is 38.3 Å². The predicted octanol–water partition coefficient (Wildman–Crippen LogP) is 2.54. The van der Waals surface area contributed by atoms with Gasteiger partial charge in [-0.3, -0.25) is 4.79 Å². The third-order valence-electron chi connectivity index (χ3n) is 3.22. The molecule has 0 spiro atoms. The van der Waals surface area contributed by atoms with Gasteiger partial charge in [0.2, 0.25) is 0 Å². The number of benzene rings is 1. The summed E-state index contributed by atoms with van der Waals surface area (Å²) in [6, 6.07) is 6.22. The van der Waals surface area contributed by atoms with Crippen molar-refractivity contribution in [1.29, 1.82) is 0 Å². The number of esters is 1. The highest BCUT2D eigenvalue weighted by Crippen LogP contribution is 2.22. The maximum Gasteiger partial charge on any atom is 0.308 e. The molecule has 2 N–H and O–H groups in total. The Hall–Kier alpha value is -1.55. The fourth-order valence-corrected chi connectivity index (χ4v) is 2.17. The quantitative estimate of drug-likeness (QED) is 0.718. The Bertz CT molecular complexity index is 409. The molecule has 0 heterocycles. The second kappa shape index (κ2) is 8.59. The number of rotatable bonds is 8. The van der Waals surface area contributed by atoms with Crippen molar-refractivity contribution < 1.29 is 14.6 Å². The zero-order valence-corrected chi connectivity index (χ0v) is 12.6. The van der Waals surface area contributed by atoms with E-state index in [0.717, 1.165) is 18.5 Å². The predicted molar refractivity (Wildman–Crippen MR) is 80.9 cm³/mol. The number of para-hydroxylation sites is 1. The number of carbonyl (C=O) groups is 1. The van der Waals surface area contributed by atoms with Crippen LogP contribution in [0, 0.1) is 0 Å². The number of nitrogens with one attached hydrogen (secondary N) is 1. The molecule has 0 saturated heterocycles. The van der Waals surface area contributed by atoms with Gasteiger partial charge in [-0.05, 0) is 30.9 Å². The monoisotopic (exact) mass is 279 g/mol. The minimum absolute atomic E-state index is 0.0244. The first-order valence-corrected chi connectivity index (χ1v) is 7.30. The summed E-state index contributed by atoms with van der Waals surface area (Å²) in [6.07, 6.45) is 1.16. The third kappa shape index (κ3) is 4.85. The van der Waals surface area contributed by atoms with Crippen LogP contribution in [0.4, 0.5) is 5.69 Å². The van der Waals surface area contributed by atoms with Crippen molar-refractivity contribution in [1.82, 2.24) is 0 Å². The van der Waals surface area contributed by atoms with Crippen molar-refractivity contribution in [3.63, 3.8) is 0 Å². The van der Waals surface area contributed by atoms with Gasteiger partial charge < -0.3 is 15.2 Å². The smallest absolute Gasteiger partial charge is 0.308 e. The molecule has 0 saturated carbocycles. The van der Waals surface area contributed by atoms with Crippen LogP contribution in [0.2, 0.25) is 0 Å². The van der Waals surface area contributed by atoms with Crippen molar-refractivity contribution >= 4 is 11.7 Å². The zero-order valence-electron chi connectivity index (χ0n) is 12.6. The Kier molecular flexibility index (Phi) is 7.09. The summed E-state index contributed by atoms with van der Waals surface area (Å²) >= 11 is 0. The maximum absolute atomic E-state index is 11.3. The van der Waals surface area contributed by atoms with Gasteiger partial charge in [0.1, 0.15) is 0 Å². The number of carbonyl (C=O) groups excluding carboxylic acids is 1. The second-order valence-electron chi connectivity index (χ2n) is 4.70. The molecule has 1 aromatic carbocycles. The Balaban J connectivity index is 2.62. The van der Waals surface area contributed by atoms with Gasteiger partial charge in [-0.25, -0.2) is 0 Å². The number of aliphatic hydroxyl groups is 1. The van der Waals surface area contributed by atoms with Crippen molar-refractivity contribution in [3.8, 4) is 0 Å². The number of anilines is 1. The average molecular weight is 279 g/mol. The SMILES string of the molecule is CCOC(=O)CC(O)CNc1c(CC)cccc1CC. The number of ether oxygens (including phenoxy) is 1. The van der Waals surface area contributed by atoms with Crippen molar-refractivity contribution in [3.05, 3.63) is 29.3 Å². The molecule has 0 amide bonds. The second-order valence-corrected chi connectivity index (χ2v) is 4.70. The Morgan fingerprint density at radius 2 is 1.85 bits per heavy atom. The standard InChI is InChI=1S/C16H25NO3/c1-4-12-8-7-9-13(5-2)16(12)17-11-14(18)10-15(19)20-6-3/h7-9,14,17-18H,4-6,10-11H2,1-3H3. The van der Waals surface area contributed by atoms with Crippen LogP contribution >= 0.6 is 0 Å². The average Bonchev–Trinajstić information content (AvgIpc) is 2.44. The van der Waals surface area contributed by atoms with Gasteiger partial charge in [0.05, 0.1) is 19.1 Å². The number of aryl methyl sites for hydroxylation is 2. The van der Waals surface area contributed by atoms with Gasteiger partial charge >= 0.3 is 5.97 Å². The zero-order chi connectivity index (χ0) is 15.0. The minimum Gasteiger partial charge on any atom is -0.466 e. The van der Waals surface area contributed by atoms with Crippen LogP contribution in [-0.4, -0.2) is 30.3 Å². The van der Waals surface area contributed by atoms with Gasteiger partial charge in [-0.2, -0.15) is 0 Å². The molecule has 0 fully saturated rings. The van der Waals surface area contributed by atoms with Crippen LogP contribution in [0.15, 0.2) is 18.2 Å². The van der Waals surface area contributed by atoms with Crippen LogP contribution < -0.4 is 5.32 Å². The molecule has 1 rings (SSSR count). The minimum atomic E-state index is -0.733. The molecule has 4 nitrogen and oxygen atoms in total. The molecular formula is C16H25NO3. The van der Waals surface area contributed by atoms with Crippen LogP contribution in [-0.2, 0) is 22.4 Å². The lowest BCUT2D eigenvalue weighted by molar-refractivity contribution is -0.145. The highest BCUT2D eigenvalue weighted by Gasteiger charge is 2.13. The number of aliphatic hydroxyl groups excluding tert-OH is 1. The highest BCUT2D eigenvalue weighted by molar-refractivity contribution is 5.70. The molecule has 0 aliphatic rings. The molecule has 1 unspecified atom stereocenters. The summed E-state index contributed by atoms with van der Waals surface area (Å²) in [5.41, 5.74) is 3.54. The van der Waals surface area contributed by atoms with E-state index in [1.165, 1.54) is 11.1 Å². The summed E-state index contributed by atoms with van der Waals surface area (Å²) in [5.74, 6) is -0.360. The van der Waals surface area contributed by atoms with E-state index >= 15 is 0 Å². The highest BCUT2D eigenvalue weighted by atomic mass is 16.5. The molecule has 4 heteroatoms. The van der Waals surface area contributed by atoms with Crippen molar-refractivity contribution in [2.24, 2.45) is 0 Å². The van der Waals surface area contributed by atoms with Gasteiger partial charge in [0.15, 0.2) is 0 Å². The normalized spacial score (nSPS) is 12.0. The van der Waals surface area contributed by atoms with E-state index in [9.17, 15) is 9.90 Å². The van der Waals surface area contributed by atoms with E-state index in [-0.39, 0.29) is 12.4 Å². The summed E-state index contributed by atoms with van der Waals surface area (Å²) in [7, 11) is 0. The van der Waals surface area contributed by atoms with Crippen LogP contribution in [0.5, 0.6) is 0 Å². The van der Waals surface area contributed by atoms with Crippen molar-refractivity contribution in [2.45, 2.75) is 46.1 Å². The first-order valence-electron chi connectivity index (χ1n) is 7.30. The van der Waals surface area contributed by atoms with Crippen molar-refractivity contribution in [2.75, 3.05) is 18.5 Å². The van der Waals surface area contributed by atoms with Gasteiger partial charge in [0, 0.05) is 12.2 Å². The molecule has 1 aromatic rings. The lowest BCUT2D eigenvalue weighted by Gasteiger charge is -2.17. The molecule has 0 aliphatic carbocycles. The molecule has 1 atom stereocenters. The lowest BCUT2D eigenvalue weighted by Crippen LogP contribution is -2.24. The first-order chi connectivity index (χ1) is 9.62. The molecule has 0 aromatic heterocycles. The topological polar surface area (TPSA) is 58.6 Å². The molecule has 0 aliphatic heterocycles. The number of hydrogen-bond acceptors (Lipinski definition) is 4. The lowest BCUT2D eigenvalue weighted by atomic mass is 10.0. The summed E-state index contributed by atoms with van der Waals surface area (Å²) in [4.78, 5) is 11.3. The number of hydrogen-bond donors (Lipinski definition) is 2. The van der Waals surface area contributed by atoms with E-state index in [4.69, 9.17) is 4.74 Å². The summed E-state index contributed by atoms with van der Waals surface area (Å²) in [5, 5.41) is 13.1. The van der Waals surface area contributed by atoms with Crippen LogP contribution in [0.3, 0.4) is 0 Å². The van der Waals surface area contributed by atoms with Gasteiger partial charge in [0.25, 0.3) is 0 Å². The van der Waals surface area contributed by atoms with Gasteiger partial charge in [-0.1, -0.05) is 32.0 Å². The fraction of sp³-hybridized carbons (Fsp3) is 0.562. The largest absolute Gasteiger partial charge is 0.466 e. The van der Waals surface area contributed by atoms with E-state index in [1.54, 1.807) is 6.92 Å².